The van der Waals surface area contributed by atoms with E-state index in [0.29, 0.717) is 39.2 Å². The first-order valence-electron chi connectivity index (χ1n) is 11.0. The summed E-state index contributed by atoms with van der Waals surface area (Å²) >= 11 is 9.79. The Morgan fingerprint density at radius 3 is 2.54 bits per heavy atom. The fourth-order valence-electron chi connectivity index (χ4n) is 3.83. The van der Waals surface area contributed by atoms with Gasteiger partial charge < -0.3 is 14.0 Å². The standard InChI is InChI=1S/C26H20BrClN4O4S/c1-34-17-5-3-16(4-6-17)14-32(25-9-10-36-31-25)37(33)18-7-8-19-23(11-18)29-15-30-26(19)20-12-22(28)21(27)13-24(20)35-2/h3-13,15H,14H2,1-2H3. The zero-order valence-corrected chi connectivity index (χ0v) is 22.9. The van der Waals surface area contributed by atoms with E-state index in [1.165, 1.54) is 12.6 Å². The van der Waals surface area contributed by atoms with Gasteiger partial charge in [-0.25, -0.2) is 14.2 Å². The fraction of sp³-hybridized carbons (Fsp3) is 0.115. The minimum atomic E-state index is -1.61. The summed E-state index contributed by atoms with van der Waals surface area (Å²) in [5, 5.41) is 5.32. The molecule has 0 saturated carbocycles. The van der Waals surface area contributed by atoms with Crippen LogP contribution in [0.15, 0.2) is 87.1 Å². The van der Waals surface area contributed by atoms with E-state index >= 15 is 0 Å². The van der Waals surface area contributed by atoms with Crippen molar-refractivity contribution < 1.29 is 18.2 Å². The highest BCUT2D eigenvalue weighted by Gasteiger charge is 2.21. The second-order valence-electron chi connectivity index (χ2n) is 7.86. The summed E-state index contributed by atoms with van der Waals surface area (Å²) in [6, 6.07) is 18.2. The minimum Gasteiger partial charge on any atom is -0.497 e. The van der Waals surface area contributed by atoms with Gasteiger partial charge >= 0.3 is 0 Å². The molecule has 37 heavy (non-hydrogen) atoms. The second kappa shape index (κ2) is 10.9. The normalized spacial score (nSPS) is 11.9. The summed E-state index contributed by atoms with van der Waals surface area (Å²) in [4.78, 5) is 9.48. The Morgan fingerprint density at radius 2 is 1.84 bits per heavy atom. The van der Waals surface area contributed by atoms with E-state index in [1.807, 2.05) is 30.3 Å². The van der Waals surface area contributed by atoms with E-state index in [9.17, 15) is 4.21 Å². The topological polar surface area (TPSA) is 90.6 Å². The highest BCUT2D eigenvalue weighted by Crippen LogP contribution is 2.39. The summed E-state index contributed by atoms with van der Waals surface area (Å²) in [5.74, 6) is 1.80. The number of anilines is 1. The van der Waals surface area contributed by atoms with E-state index in [4.69, 9.17) is 25.6 Å². The summed E-state index contributed by atoms with van der Waals surface area (Å²) < 4.78 is 32.0. The third-order valence-electron chi connectivity index (χ3n) is 5.67. The van der Waals surface area contributed by atoms with E-state index in [0.717, 1.165) is 26.7 Å². The SMILES string of the molecule is COc1ccc(CN(c2ccon2)S(=O)c2ccc3c(-c4cc(Cl)c(Br)cc4OC)ncnc3c2)cc1. The first-order chi connectivity index (χ1) is 18.0. The maximum atomic E-state index is 13.8. The van der Waals surface area contributed by atoms with Crippen molar-refractivity contribution >= 4 is 55.2 Å². The molecule has 0 N–H and O–H groups in total. The molecule has 2 heterocycles. The minimum absolute atomic E-state index is 0.338. The number of aromatic nitrogens is 3. The number of nitrogens with zero attached hydrogens (tertiary/aromatic N) is 4. The molecule has 0 aliphatic rings. The number of methoxy groups -OCH3 is 2. The van der Waals surface area contributed by atoms with Crippen LogP contribution in [0.5, 0.6) is 11.5 Å². The second-order valence-corrected chi connectivity index (χ2v) is 10.5. The quantitative estimate of drug-likeness (QED) is 0.203. The Morgan fingerprint density at radius 1 is 1.03 bits per heavy atom. The smallest absolute Gasteiger partial charge is 0.184 e. The number of ether oxygens (including phenoxy) is 2. The highest BCUT2D eigenvalue weighted by molar-refractivity contribution is 9.10. The zero-order chi connectivity index (χ0) is 25.9. The Labute approximate surface area is 228 Å². The Balaban J connectivity index is 1.53. The molecule has 5 aromatic rings. The van der Waals surface area contributed by atoms with Crippen molar-refractivity contribution in [2.24, 2.45) is 0 Å². The number of benzene rings is 3. The van der Waals surface area contributed by atoms with Crippen molar-refractivity contribution in [1.29, 1.82) is 0 Å². The van der Waals surface area contributed by atoms with Gasteiger partial charge in [0.15, 0.2) is 16.8 Å². The van der Waals surface area contributed by atoms with Gasteiger partial charge in [0.2, 0.25) is 0 Å². The number of halogens is 2. The Hall–Kier alpha value is -3.47. The molecule has 1 unspecified atom stereocenters. The van der Waals surface area contributed by atoms with E-state index in [1.54, 1.807) is 48.9 Å². The van der Waals surface area contributed by atoms with Crippen LogP contribution in [0, 0.1) is 0 Å². The lowest BCUT2D eigenvalue weighted by Gasteiger charge is -2.21. The number of rotatable bonds is 8. The monoisotopic (exact) mass is 598 g/mol. The fourth-order valence-corrected chi connectivity index (χ4v) is 5.49. The molecule has 8 nitrogen and oxygen atoms in total. The molecule has 2 aromatic heterocycles. The van der Waals surface area contributed by atoms with Crippen LogP contribution in [0.3, 0.4) is 0 Å². The van der Waals surface area contributed by atoms with Crippen LogP contribution >= 0.6 is 27.5 Å². The number of fused-ring (bicyclic) bond motifs is 1. The summed E-state index contributed by atoms with van der Waals surface area (Å²) in [5.41, 5.74) is 2.93. The maximum absolute atomic E-state index is 13.8. The highest BCUT2D eigenvalue weighted by atomic mass is 79.9. The van der Waals surface area contributed by atoms with Gasteiger partial charge in [-0.15, -0.1) is 0 Å². The van der Waals surface area contributed by atoms with Gasteiger partial charge in [0, 0.05) is 21.5 Å². The van der Waals surface area contributed by atoms with Crippen LogP contribution in [0.1, 0.15) is 5.56 Å². The molecule has 1 atom stereocenters. The molecule has 0 saturated heterocycles. The van der Waals surface area contributed by atoms with Gasteiger partial charge in [0.1, 0.15) is 24.1 Å². The van der Waals surface area contributed by atoms with E-state index < -0.39 is 11.0 Å². The average Bonchev–Trinajstić information content (AvgIpc) is 3.47. The van der Waals surface area contributed by atoms with Crippen LogP contribution in [0.2, 0.25) is 5.02 Å². The molecule has 0 amide bonds. The molecule has 0 spiro atoms. The maximum Gasteiger partial charge on any atom is 0.184 e. The van der Waals surface area contributed by atoms with Crippen molar-refractivity contribution in [3.05, 3.63) is 88.3 Å². The lowest BCUT2D eigenvalue weighted by atomic mass is 10.1. The van der Waals surface area contributed by atoms with Crippen LogP contribution in [-0.4, -0.2) is 33.6 Å². The van der Waals surface area contributed by atoms with Crippen LogP contribution in [-0.2, 0) is 17.5 Å². The van der Waals surface area contributed by atoms with Crippen molar-refractivity contribution in [2.75, 3.05) is 18.5 Å². The first kappa shape index (κ1) is 25.2. The van der Waals surface area contributed by atoms with Crippen molar-refractivity contribution in [3.63, 3.8) is 0 Å². The lowest BCUT2D eigenvalue weighted by molar-refractivity contribution is 0.414. The molecule has 11 heteroatoms. The Bertz CT molecular complexity index is 1580. The zero-order valence-electron chi connectivity index (χ0n) is 19.7. The molecule has 0 aliphatic heterocycles. The van der Waals surface area contributed by atoms with Crippen LogP contribution in [0.25, 0.3) is 22.2 Å². The van der Waals surface area contributed by atoms with Gasteiger partial charge in [-0.1, -0.05) is 28.9 Å². The Kier molecular flexibility index (Phi) is 7.40. The van der Waals surface area contributed by atoms with E-state index in [-0.39, 0.29) is 0 Å². The molecular formula is C26H20BrClN4O4S. The van der Waals surface area contributed by atoms with Crippen LogP contribution < -0.4 is 13.8 Å². The van der Waals surface area contributed by atoms with E-state index in [2.05, 4.69) is 31.1 Å². The molecule has 0 aliphatic carbocycles. The number of hydrogen-bond donors (Lipinski definition) is 0. The molecule has 0 bridgehead atoms. The van der Waals surface area contributed by atoms with Gasteiger partial charge in [-0.05, 0) is 64.0 Å². The predicted octanol–water partition coefficient (Wildman–Crippen LogP) is 6.45. The molecule has 3 aromatic carbocycles. The van der Waals surface area contributed by atoms with Crippen molar-refractivity contribution in [2.45, 2.75) is 11.4 Å². The summed E-state index contributed by atoms with van der Waals surface area (Å²) in [7, 11) is 1.59. The van der Waals surface area contributed by atoms with Crippen molar-refractivity contribution in [1.82, 2.24) is 15.1 Å². The average molecular weight is 600 g/mol. The molecule has 0 radical (unpaired) electrons. The van der Waals surface area contributed by atoms with Gasteiger partial charge in [-0.2, -0.15) is 0 Å². The molecule has 188 valence electrons. The largest absolute Gasteiger partial charge is 0.497 e. The van der Waals surface area contributed by atoms with Crippen LogP contribution in [0.4, 0.5) is 5.82 Å². The number of hydrogen-bond acceptors (Lipinski definition) is 7. The first-order valence-corrected chi connectivity index (χ1v) is 13.3. The van der Waals surface area contributed by atoms with Gasteiger partial charge in [0.25, 0.3) is 0 Å². The predicted molar refractivity (Wildman–Crippen MR) is 146 cm³/mol. The molecule has 5 rings (SSSR count). The molecule has 0 fully saturated rings. The van der Waals surface area contributed by atoms with Crippen molar-refractivity contribution in [3.8, 4) is 22.8 Å². The summed E-state index contributed by atoms with van der Waals surface area (Å²) in [6.07, 6.45) is 2.91. The third kappa shape index (κ3) is 5.18. The third-order valence-corrected chi connectivity index (χ3v) is 8.24. The summed E-state index contributed by atoms with van der Waals surface area (Å²) in [6.45, 7) is 0.338. The lowest BCUT2D eigenvalue weighted by Crippen LogP contribution is -2.25. The van der Waals surface area contributed by atoms with Gasteiger partial charge in [0.05, 0.1) is 41.9 Å². The van der Waals surface area contributed by atoms with Gasteiger partial charge in [-0.3, -0.25) is 4.31 Å². The molecular weight excluding hydrogens is 580 g/mol.